The summed E-state index contributed by atoms with van der Waals surface area (Å²) >= 11 is 0. The molecule has 8 atom stereocenters. The minimum absolute atomic E-state index is 0.179. The first-order chi connectivity index (χ1) is 19.0. The van der Waals surface area contributed by atoms with E-state index in [0.717, 1.165) is 0 Å². The van der Waals surface area contributed by atoms with Gasteiger partial charge in [0.2, 0.25) is 17.7 Å². The maximum absolute atomic E-state index is 13.6. The van der Waals surface area contributed by atoms with E-state index in [1.54, 1.807) is 20.8 Å². The molecule has 0 bridgehead atoms. The third-order valence-corrected chi connectivity index (χ3v) is 7.72. The lowest BCUT2D eigenvalue weighted by Crippen LogP contribution is -2.61. The largest absolute Gasteiger partial charge is 0.467 e. The van der Waals surface area contributed by atoms with Crippen molar-refractivity contribution in [2.75, 3.05) is 7.11 Å². The second-order valence-electron chi connectivity index (χ2n) is 12.1. The molecular formula is C30H56N4O7. The molecule has 0 fully saturated rings. The molecule has 0 aliphatic rings. The maximum atomic E-state index is 13.6. The quantitative estimate of drug-likeness (QED) is 0.202. The molecule has 0 aromatic carbocycles. The summed E-state index contributed by atoms with van der Waals surface area (Å²) in [6.07, 6.45) is 1.67. The van der Waals surface area contributed by atoms with Gasteiger partial charge in [-0.2, -0.15) is 0 Å². The Bertz CT molecular complexity index is 873. The van der Waals surface area contributed by atoms with Gasteiger partial charge in [-0.3, -0.25) is 14.4 Å². The Morgan fingerprint density at radius 2 is 0.854 bits per heavy atom. The van der Waals surface area contributed by atoms with Gasteiger partial charge in [-0.05, 0) is 44.4 Å². The van der Waals surface area contributed by atoms with Crippen LogP contribution in [-0.2, 0) is 28.7 Å². The van der Waals surface area contributed by atoms with Crippen LogP contribution in [-0.4, -0.2) is 66.7 Å². The predicted octanol–water partition coefficient (Wildman–Crippen LogP) is 3.69. The molecule has 11 nitrogen and oxygen atoms in total. The third-order valence-electron chi connectivity index (χ3n) is 7.72. The van der Waals surface area contributed by atoms with Gasteiger partial charge in [-0.25, -0.2) is 9.59 Å². The van der Waals surface area contributed by atoms with Crippen LogP contribution in [0.1, 0.15) is 102 Å². The van der Waals surface area contributed by atoms with E-state index in [9.17, 15) is 24.0 Å². The molecule has 0 saturated heterocycles. The van der Waals surface area contributed by atoms with Gasteiger partial charge in [0, 0.05) is 0 Å². The highest BCUT2D eigenvalue weighted by Gasteiger charge is 2.37. The minimum atomic E-state index is -0.968. The van der Waals surface area contributed by atoms with Gasteiger partial charge in [0.1, 0.15) is 29.8 Å². The Balaban J connectivity index is 6.04. The molecule has 4 N–H and O–H groups in total. The lowest BCUT2D eigenvalue weighted by molar-refractivity contribution is -0.147. The van der Waals surface area contributed by atoms with Crippen LogP contribution >= 0.6 is 0 Å². The summed E-state index contributed by atoms with van der Waals surface area (Å²) in [7, 11) is 1.27. The van der Waals surface area contributed by atoms with Crippen molar-refractivity contribution in [3.8, 4) is 0 Å². The number of alkyl carbamates (subject to hydrolysis) is 1. The smallest absolute Gasteiger partial charge is 0.408 e. The number of hydrogen-bond donors (Lipinski definition) is 4. The van der Waals surface area contributed by atoms with Crippen LogP contribution in [0.2, 0.25) is 0 Å². The van der Waals surface area contributed by atoms with Crippen molar-refractivity contribution >= 4 is 29.8 Å². The first-order valence-corrected chi connectivity index (χ1v) is 15.0. The second-order valence-corrected chi connectivity index (χ2v) is 12.1. The van der Waals surface area contributed by atoms with Crippen molar-refractivity contribution in [1.82, 2.24) is 21.3 Å². The number of rotatable bonds is 16. The predicted molar refractivity (Wildman–Crippen MR) is 159 cm³/mol. The molecule has 4 amide bonds. The minimum Gasteiger partial charge on any atom is -0.467 e. The molecular weight excluding hydrogens is 528 g/mol. The number of carbonyl (C=O) groups is 5. The fraction of sp³-hybridized carbons (Fsp3) is 0.833. The average Bonchev–Trinajstić information content (AvgIpc) is 2.92. The monoisotopic (exact) mass is 584 g/mol. The van der Waals surface area contributed by atoms with E-state index in [2.05, 4.69) is 21.3 Å². The zero-order valence-electron chi connectivity index (χ0n) is 27.3. The van der Waals surface area contributed by atoms with E-state index in [1.165, 1.54) is 7.11 Å². The van der Waals surface area contributed by atoms with Crippen LogP contribution in [0.5, 0.6) is 0 Å². The summed E-state index contributed by atoms with van der Waals surface area (Å²) in [5.41, 5.74) is -0.743. The first-order valence-electron chi connectivity index (χ1n) is 15.0. The fourth-order valence-corrected chi connectivity index (χ4v) is 4.07. The van der Waals surface area contributed by atoms with Crippen molar-refractivity contribution in [2.45, 2.75) is 132 Å². The van der Waals surface area contributed by atoms with Crippen molar-refractivity contribution in [1.29, 1.82) is 0 Å². The number of esters is 1. The van der Waals surface area contributed by atoms with E-state index in [1.807, 2.05) is 55.4 Å². The molecule has 0 aliphatic carbocycles. The van der Waals surface area contributed by atoms with E-state index in [0.29, 0.717) is 25.7 Å². The number of methoxy groups -OCH3 is 1. The van der Waals surface area contributed by atoms with Gasteiger partial charge in [-0.15, -0.1) is 0 Å². The molecule has 0 aromatic rings. The van der Waals surface area contributed by atoms with Gasteiger partial charge in [0.25, 0.3) is 0 Å². The van der Waals surface area contributed by atoms with Crippen molar-refractivity contribution in [3.05, 3.63) is 0 Å². The third kappa shape index (κ3) is 12.7. The highest BCUT2D eigenvalue weighted by Crippen LogP contribution is 2.16. The van der Waals surface area contributed by atoms with E-state index >= 15 is 0 Å². The van der Waals surface area contributed by atoms with E-state index < -0.39 is 59.6 Å². The molecule has 0 aromatic heterocycles. The van der Waals surface area contributed by atoms with Crippen LogP contribution in [0.4, 0.5) is 4.79 Å². The van der Waals surface area contributed by atoms with Crippen molar-refractivity contribution in [3.63, 3.8) is 0 Å². The molecule has 41 heavy (non-hydrogen) atoms. The average molecular weight is 585 g/mol. The molecule has 0 heterocycles. The van der Waals surface area contributed by atoms with Crippen LogP contribution in [0.3, 0.4) is 0 Å². The van der Waals surface area contributed by atoms with Gasteiger partial charge in [0.05, 0.1) is 7.11 Å². The molecule has 0 unspecified atom stereocenters. The van der Waals surface area contributed by atoms with Crippen LogP contribution < -0.4 is 21.3 Å². The first kappa shape index (κ1) is 38.1. The van der Waals surface area contributed by atoms with Gasteiger partial charge >= 0.3 is 12.1 Å². The Morgan fingerprint density at radius 1 is 0.561 bits per heavy atom. The van der Waals surface area contributed by atoms with Crippen LogP contribution in [0.25, 0.3) is 0 Å². The zero-order chi connectivity index (χ0) is 32.1. The standard InChI is InChI=1S/C30H56N4O7/c1-13-17(5)21(32-27(37)23(19(7)15-3)34-29(39)41-30(9,10)11)25(35)31-22(18(6)14-2)26(36)33-24(20(8)16-4)28(38)40-12/h17-24H,13-16H2,1-12H3,(H,31,35)(H,32,37)(H,33,36)(H,34,39)/t17-,18-,19-,20-,21-,22+,23+,24-/m0/s1. The zero-order valence-corrected chi connectivity index (χ0v) is 27.3. The summed E-state index contributed by atoms with van der Waals surface area (Å²) in [6, 6.07) is -3.71. The summed E-state index contributed by atoms with van der Waals surface area (Å²) in [5.74, 6) is -3.05. The molecule has 0 rings (SSSR count). The second kappa shape index (κ2) is 17.9. The Hall–Kier alpha value is -2.85. The number of carbonyl (C=O) groups excluding carboxylic acids is 5. The van der Waals surface area contributed by atoms with E-state index in [4.69, 9.17) is 9.47 Å². The topological polar surface area (TPSA) is 152 Å². The highest BCUT2D eigenvalue weighted by molar-refractivity contribution is 5.95. The maximum Gasteiger partial charge on any atom is 0.408 e. The number of ether oxygens (including phenoxy) is 2. The molecule has 238 valence electrons. The number of amides is 4. The Kier molecular flexibility index (Phi) is 16.6. The Morgan fingerprint density at radius 3 is 1.15 bits per heavy atom. The molecule has 0 aliphatic heterocycles. The summed E-state index contributed by atoms with van der Waals surface area (Å²) in [6.45, 7) is 20.1. The Labute approximate surface area is 247 Å². The molecule has 0 saturated carbocycles. The SMILES string of the molecule is CC[C@H](C)[C@H](NC(=O)[C@H](NC(=O)OC(C)(C)C)[C@@H](C)CC)C(=O)N[C@@H](C(=O)N[C@H](C(=O)OC)[C@@H](C)CC)[C@@H](C)CC. The lowest BCUT2D eigenvalue weighted by Gasteiger charge is -2.32. The molecule has 11 heteroatoms. The van der Waals surface area contributed by atoms with Crippen LogP contribution in [0, 0.1) is 23.7 Å². The van der Waals surface area contributed by atoms with Crippen molar-refractivity contribution < 1.29 is 33.4 Å². The fourth-order valence-electron chi connectivity index (χ4n) is 4.07. The molecule has 0 spiro atoms. The van der Waals surface area contributed by atoms with Gasteiger partial charge in [0.15, 0.2) is 0 Å². The van der Waals surface area contributed by atoms with E-state index in [-0.39, 0.29) is 23.7 Å². The number of nitrogens with one attached hydrogen (secondary N) is 4. The normalized spacial score (nSPS) is 17.4. The summed E-state index contributed by atoms with van der Waals surface area (Å²) in [5, 5.41) is 11.1. The number of hydrogen-bond acceptors (Lipinski definition) is 7. The lowest BCUT2D eigenvalue weighted by atomic mass is 9.93. The van der Waals surface area contributed by atoms with Crippen LogP contribution in [0.15, 0.2) is 0 Å². The highest BCUT2D eigenvalue weighted by atomic mass is 16.6. The van der Waals surface area contributed by atoms with Gasteiger partial charge in [-0.1, -0.05) is 81.1 Å². The van der Waals surface area contributed by atoms with Gasteiger partial charge < -0.3 is 30.7 Å². The summed E-state index contributed by atoms with van der Waals surface area (Å²) < 4.78 is 10.2. The molecule has 0 radical (unpaired) electrons. The van der Waals surface area contributed by atoms with Crippen molar-refractivity contribution in [2.24, 2.45) is 23.7 Å². The summed E-state index contributed by atoms with van der Waals surface area (Å²) in [4.78, 5) is 65.4.